The van der Waals surface area contributed by atoms with Crippen molar-refractivity contribution in [1.82, 2.24) is 0 Å². The van der Waals surface area contributed by atoms with Crippen LogP contribution in [0.2, 0.25) is 0 Å². The SMILES string of the molecule is Cc1cc(O)cc2cccc(O)c12. The zero-order chi connectivity index (χ0) is 9.42. The quantitative estimate of drug-likeness (QED) is 0.644. The largest absolute Gasteiger partial charge is 0.508 e. The summed E-state index contributed by atoms with van der Waals surface area (Å²) in [5.41, 5.74) is 0.883. The van der Waals surface area contributed by atoms with E-state index in [0.717, 1.165) is 16.3 Å². The predicted octanol–water partition coefficient (Wildman–Crippen LogP) is 2.56. The molecule has 0 atom stereocenters. The van der Waals surface area contributed by atoms with E-state index in [1.165, 1.54) is 0 Å². The van der Waals surface area contributed by atoms with Gasteiger partial charge in [-0.1, -0.05) is 12.1 Å². The molecule has 2 N–H and O–H groups in total. The fourth-order valence-corrected chi connectivity index (χ4v) is 1.60. The van der Waals surface area contributed by atoms with Crippen LogP contribution in [0.15, 0.2) is 30.3 Å². The summed E-state index contributed by atoms with van der Waals surface area (Å²) in [6.45, 7) is 1.86. The van der Waals surface area contributed by atoms with E-state index in [1.54, 1.807) is 24.3 Å². The van der Waals surface area contributed by atoms with Crippen molar-refractivity contribution in [3.05, 3.63) is 35.9 Å². The van der Waals surface area contributed by atoms with Crippen LogP contribution >= 0.6 is 0 Å². The van der Waals surface area contributed by atoms with Crippen LogP contribution in [-0.2, 0) is 0 Å². The first-order valence-corrected chi connectivity index (χ1v) is 4.10. The van der Waals surface area contributed by atoms with Crippen LogP contribution < -0.4 is 0 Å². The first kappa shape index (κ1) is 7.92. The molecule has 0 heterocycles. The summed E-state index contributed by atoms with van der Waals surface area (Å²) >= 11 is 0. The van der Waals surface area contributed by atoms with E-state index in [1.807, 2.05) is 13.0 Å². The highest BCUT2D eigenvalue weighted by Crippen LogP contribution is 2.30. The summed E-state index contributed by atoms with van der Waals surface area (Å²) in [6, 6.07) is 8.55. The van der Waals surface area contributed by atoms with Gasteiger partial charge in [-0.05, 0) is 36.1 Å². The molecule has 0 saturated carbocycles. The second-order valence-corrected chi connectivity index (χ2v) is 3.14. The summed E-state index contributed by atoms with van der Waals surface area (Å²) in [5, 5.41) is 20.5. The van der Waals surface area contributed by atoms with Crippen LogP contribution in [-0.4, -0.2) is 10.2 Å². The van der Waals surface area contributed by atoms with Gasteiger partial charge >= 0.3 is 0 Å². The van der Waals surface area contributed by atoms with E-state index >= 15 is 0 Å². The molecule has 0 aliphatic carbocycles. The third-order valence-electron chi connectivity index (χ3n) is 2.14. The van der Waals surface area contributed by atoms with Gasteiger partial charge in [-0.25, -0.2) is 0 Å². The Labute approximate surface area is 76.1 Å². The summed E-state index contributed by atoms with van der Waals surface area (Å²) < 4.78 is 0. The molecule has 0 aromatic heterocycles. The molecule has 13 heavy (non-hydrogen) atoms. The first-order chi connectivity index (χ1) is 6.18. The number of phenols is 2. The summed E-state index contributed by atoms with van der Waals surface area (Å²) in [7, 11) is 0. The molecular weight excluding hydrogens is 164 g/mol. The molecular formula is C11H10O2. The summed E-state index contributed by atoms with van der Waals surface area (Å²) in [6.07, 6.45) is 0. The van der Waals surface area contributed by atoms with Crippen molar-refractivity contribution in [1.29, 1.82) is 0 Å². The lowest BCUT2D eigenvalue weighted by Crippen LogP contribution is -1.79. The van der Waals surface area contributed by atoms with Gasteiger partial charge in [0.15, 0.2) is 0 Å². The van der Waals surface area contributed by atoms with Gasteiger partial charge in [-0.3, -0.25) is 0 Å². The fraction of sp³-hybridized carbons (Fsp3) is 0.0909. The fourth-order valence-electron chi connectivity index (χ4n) is 1.60. The van der Waals surface area contributed by atoms with E-state index in [2.05, 4.69) is 0 Å². The van der Waals surface area contributed by atoms with Gasteiger partial charge in [0.2, 0.25) is 0 Å². The van der Waals surface area contributed by atoms with E-state index < -0.39 is 0 Å². The van der Waals surface area contributed by atoms with E-state index in [-0.39, 0.29) is 11.5 Å². The maximum Gasteiger partial charge on any atom is 0.123 e. The third kappa shape index (κ3) is 1.20. The van der Waals surface area contributed by atoms with E-state index in [4.69, 9.17) is 0 Å². The van der Waals surface area contributed by atoms with Gasteiger partial charge in [0, 0.05) is 5.39 Å². The number of hydrogen-bond acceptors (Lipinski definition) is 2. The Morgan fingerprint density at radius 2 is 1.85 bits per heavy atom. The van der Waals surface area contributed by atoms with Crippen LogP contribution in [0.1, 0.15) is 5.56 Å². The monoisotopic (exact) mass is 174 g/mol. The standard InChI is InChI=1S/C11H10O2/c1-7-5-9(12)6-8-3-2-4-10(13)11(7)8/h2-6,12-13H,1H3. The minimum absolute atomic E-state index is 0.232. The molecule has 0 radical (unpaired) electrons. The molecule has 66 valence electrons. The number of aryl methyl sites for hydroxylation is 1. The summed E-state index contributed by atoms with van der Waals surface area (Å²) in [4.78, 5) is 0. The number of hydrogen-bond donors (Lipinski definition) is 2. The van der Waals surface area contributed by atoms with Crippen molar-refractivity contribution in [2.45, 2.75) is 6.92 Å². The van der Waals surface area contributed by atoms with Crippen LogP contribution in [0.5, 0.6) is 11.5 Å². The van der Waals surface area contributed by atoms with Gasteiger partial charge in [0.05, 0.1) is 0 Å². The Kier molecular flexibility index (Phi) is 1.62. The molecule has 2 nitrogen and oxygen atoms in total. The third-order valence-corrected chi connectivity index (χ3v) is 2.14. The minimum Gasteiger partial charge on any atom is -0.508 e. The topological polar surface area (TPSA) is 40.5 Å². The average Bonchev–Trinajstić information content (AvgIpc) is 2.02. The van der Waals surface area contributed by atoms with Gasteiger partial charge in [0.25, 0.3) is 0 Å². The first-order valence-electron chi connectivity index (χ1n) is 4.10. The van der Waals surface area contributed by atoms with Crippen molar-refractivity contribution in [2.24, 2.45) is 0 Å². The minimum atomic E-state index is 0.232. The molecule has 2 rings (SSSR count). The smallest absolute Gasteiger partial charge is 0.123 e. The van der Waals surface area contributed by atoms with Crippen LogP contribution in [0.3, 0.4) is 0 Å². The van der Waals surface area contributed by atoms with Crippen molar-refractivity contribution in [3.8, 4) is 11.5 Å². The second kappa shape index (κ2) is 2.66. The van der Waals surface area contributed by atoms with Crippen molar-refractivity contribution < 1.29 is 10.2 Å². The lowest BCUT2D eigenvalue weighted by molar-refractivity contribution is 0.474. The Bertz CT molecular complexity index is 461. The van der Waals surface area contributed by atoms with Gasteiger partial charge in [-0.2, -0.15) is 0 Å². The predicted molar refractivity (Wildman–Crippen MR) is 52.0 cm³/mol. The van der Waals surface area contributed by atoms with Crippen molar-refractivity contribution in [2.75, 3.05) is 0 Å². The zero-order valence-electron chi connectivity index (χ0n) is 7.28. The highest BCUT2D eigenvalue weighted by atomic mass is 16.3. The maximum atomic E-state index is 9.56. The zero-order valence-corrected chi connectivity index (χ0v) is 7.28. The highest BCUT2D eigenvalue weighted by molar-refractivity contribution is 5.91. The van der Waals surface area contributed by atoms with E-state index in [9.17, 15) is 10.2 Å². The number of rotatable bonds is 0. The average molecular weight is 174 g/mol. The van der Waals surface area contributed by atoms with Crippen molar-refractivity contribution >= 4 is 10.8 Å². The molecule has 0 saturated heterocycles. The molecule has 0 unspecified atom stereocenters. The second-order valence-electron chi connectivity index (χ2n) is 3.14. The molecule has 0 fully saturated rings. The lowest BCUT2D eigenvalue weighted by atomic mass is 10.0. The van der Waals surface area contributed by atoms with Gasteiger partial charge in [0.1, 0.15) is 11.5 Å². The number of phenolic OH excluding ortho intramolecular Hbond substituents is 2. The Morgan fingerprint density at radius 3 is 2.62 bits per heavy atom. The molecule has 0 bridgehead atoms. The van der Waals surface area contributed by atoms with Gasteiger partial charge in [-0.15, -0.1) is 0 Å². The van der Waals surface area contributed by atoms with E-state index in [0.29, 0.717) is 0 Å². The van der Waals surface area contributed by atoms with Crippen LogP contribution in [0.25, 0.3) is 10.8 Å². The number of aromatic hydroxyl groups is 2. The van der Waals surface area contributed by atoms with Gasteiger partial charge < -0.3 is 10.2 Å². The molecule has 2 aromatic rings. The molecule has 2 heteroatoms. The molecule has 0 aliphatic rings. The maximum absolute atomic E-state index is 9.56. The molecule has 2 aromatic carbocycles. The lowest BCUT2D eigenvalue weighted by Gasteiger charge is -2.04. The molecule has 0 aliphatic heterocycles. The Hall–Kier alpha value is -1.70. The number of benzene rings is 2. The van der Waals surface area contributed by atoms with Crippen LogP contribution in [0, 0.1) is 6.92 Å². The normalized spacial score (nSPS) is 10.5. The van der Waals surface area contributed by atoms with Crippen LogP contribution in [0.4, 0.5) is 0 Å². The van der Waals surface area contributed by atoms with Crippen molar-refractivity contribution in [3.63, 3.8) is 0 Å². The number of fused-ring (bicyclic) bond motifs is 1. The molecule has 0 spiro atoms. The Morgan fingerprint density at radius 1 is 1.08 bits per heavy atom. The molecule has 0 amide bonds. The highest BCUT2D eigenvalue weighted by Gasteiger charge is 2.03. The Balaban J connectivity index is 2.94. The summed E-state index contributed by atoms with van der Waals surface area (Å²) in [5.74, 6) is 0.491.